The molecule has 2 amide bonds. The van der Waals surface area contributed by atoms with E-state index < -0.39 is 23.5 Å². The Kier molecular flexibility index (Phi) is 5.39. The van der Waals surface area contributed by atoms with E-state index in [-0.39, 0.29) is 24.6 Å². The van der Waals surface area contributed by atoms with Crippen molar-refractivity contribution in [1.29, 1.82) is 0 Å². The average Bonchev–Trinajstić information content (AvgIpc) is 3.58. The SMILES string of the molecule is COc1c2c(cc3c1C(c1ccccc1)C1(O)C(=O)N4CC(Cc5ccccc5)N(C(C)=O)CC4C31)OCO2. The molecule has 0 spiro atoms. The number of hydrogen-bond donors (Lipinski definition) is 1. The Morgan fingerprint density at radius 3 is 2.49 bits per heavy atom. The van der Waals surface area contributed by atoms with Gasteiger partial charge in [-0.2, -0.15) is 0 Å². The zero-order valence-corrected chi connectivity index (χ0v) is 21.9. The van der Waals surface area contributed by atoms with Crippen LogP contribution in [-0.2, 0) is 16.0 Å². The van der Waals surface area contributed by atoms with Crippen LogP contribution in [0, 0.1) is 0 Å². The van der Waals surface area contributed by atoms with Crippen molar-refractivity contribution in [2.75, 3.05) is 27.0 Å². The van der Waals surface area contributed by atoms with Crippen molar-refractivity contribution in [1.82, 2.24) is 9.80 Å². The Balaban J connectivity index is 1.38. The van der Waals surface area contributed by atoms with Gasteiger partial charge in [0.1, 0.15) is 0 Å². The number of aliphatic hydroxyl groups is 1. The van der Waals surface area contributed by atoms with Crippen molar-refractivity contribution >= 4 is 11.8 Å². The van der Waals surface area contributed by atoms with Gasteiger partial charge in [-0.1, -0.05) is 60.7 Å². The highest BCUT2D eigenvalue weighted by Gasteiger charge is 2.69. The minimum absolute atomic E-state index is 0.0421. The summed E-state index contributed by atoms with van der Waals surface area (Å²) in [6.45, 7) is 2.35. The van der Waals surface area contributed by atoms with Crippen LogP contribution in [0.5, 0.6) is 17.2 Å². The number of benzene rings is 3. The molecule has 4 aliphatic rings. The number of ether oxygens (including phenoxy) is 3. The number of methoxy groups -OCH3 is 1. The van der Waals surface area contributed by atoms with Crippen molar-refractivity contribution in [2.24, 2.45) is 0 Å². The Bertz CT molecular complexity index is 1460. The molecule has 2 fully saturated rings. The van der Waals surface area contributed by atoms with Gasteiger partial charge in [-0.25, -0.2) is 0 Å². The summed E-state index contributed by atoms with van der Waals surface area (Å²) in [5.41, 5.74) is 1.72. The minimum Gasteiger partial charge on any atom is -0.492 e. The van der Waals surface area contributed by atoms with Crippen LogP contribution in [0.15, 0.2) is 66.7 Å². The van der Waals surface area contributed by atoms with Gasteiger partial charge in [-0.3, -0.25) is 9.59 Å². The van der Waals surface area contributed by atoms with Crippen molar-refractivity contribution in [3.8, 4) is 17.2 Å². The Morgan fingerprint density at radius 1 is 1.08 bits per heavy atom. The van der Waals surface area contributed by atoms with E-state index >= 15 is 0 Å². The average molecular weight is 527 g/mol. The fourth-order valence-corrected chi connectivity index (χ4v) is 7.37. The largest absolute Gasteiger partial charge is 0.492 e. The zero-order chi connectivity index (χ0) is 26.9. The first-order chi connectivity index (χ1) is 18.9. The monoisotopic (exact) mass is 526 g/mol. The summed E-state index contributed by atoms with van der Waals surface area (Å²) in [4.78, 5) is 31.0. The quantitative estimate of drug-likeness (QED) is 0.562. The standard InChI is InChI=1S/C31H30N2O6/c1-18(34)32-16-23-27-22-14-24-28(39-17-38-24)29(37-2)25(22)26(20-11-7-4-8-12-20)31(27,36)30(35)33(23)15-21(32)13-19-9-5-3-6-10-19/h3-12,14,21,23,26-27,36H,13,15-17H2,1-2H3. The third-order valence-electron chi connectivity index (χ3n) is 8.90. The zero-order valence-electron chi connectivity index (χ0n) is 21.9. The first-order valence-electron chi connectivity index (χ1n) is 13.3. The van der Waals surface area contributed by atoms with E-state index in [1.807, 2.05) is 76.5 Å². The predicted octanol–water partition coefficient (Wildman–Crippen LogP) is 3.07. The molecular weight excluding hydrogens is 496 g/mol. The number of hydrogen-bond acceptors (Lipinski definition) is 6. The first kappa shape index (κ1) is 24.0. The third kappa shape index (κ3) is 3.34. The summed E-state index contributed by atoms with van der Waals surface area (Å²) in [5.74, 6) is -0.0897. The summed E-state index contributed by atoms with van der Waals surface area (Å²) in [6.07, 6.45) is 0.630. The van der Waals surface area contributed by atoms with Gasteiger partial charge in [0.15, 0.2) is 17.1 Å². The highest BCUT2D eigenvalue weighted by atomic mass is 16.7. The Labute approximate surface area is 226 Å². The smallest absolute Gasteiger partial charge is 0.256 e. The molecule has 39 heavy (non-hydrogen) atoms. The molecule has 2 saturated heterocycles. The normalized spacial score (nSPS) is 28.2. The van der Waals surface area contributed by atoms with Crippen LogP contribution in [0.25, 0.3) is 0 Å². The molecule has 3 heterocycles. The number of piperazine rings is 1. The minimum atomic E-state index is -1.75. The lowest BCUT2D eigenvalue weighted by molar-refractivity contribution is -0.149. The molecule has 0 saturated carbocycles. The molecule has 0 aromatic heterocycles. The number of amides is 2. The summed E-state index contributed by atoms with van der Waals surface area (Å²) >= 11 is 0. The summed E-state index contributed by atoms with van der Waals surface area (Å²) < 4.78 is 17.4. The van der Waals surface area contributed by atoms with Crippen molar-refractivity contribution in [3.63, 3.8) is 0 Å². The lowest BCUT2D eigenvalue weighted by Gasteiger charge is -2.44. The molecular formula is C31H30N2O6. The first-order valence-corrected chi connectivity index (χ1v) is 13.3. The maximum Gasteiger partial charge on any atom is 0.256 e. The molecule has 1 N–H and O–H groups in total. The molecule has 1 aliphatic carbocycles. The number of fused-ring (bicyclic) bond motifs is 6. The van der Waals surface area contributed by atoms with E-state index in [1.165, 1.54) is 0 Å². The number of carbonyl (C=O) groups excluding carboxylic acids is 2. The number of rotatable bonds is 4. The van der Waals surface area contributed by atoms with E-state index in [0.29, 0.717) is 36.8 Å². The third-order valence-corrected chi connectivity index (χ3v) is 8.90. The molecule has 8 nitrogen and oxygen atoms in total. The second-order valence-electron chi connectivity index (χ2n) is 10.8. The molecule has 0 bridgehead atoms. The molecule has 5 unspecified atom stereocenters. The molecule has 5 atom stereocenters. The molecule has 8 heteroatoms. The topological polar surface area (TPSA) is 88.5 Å². The van der Waals surface area contributed by atoms with Crippen LogP contribution in [-0.4, -0.2) is 71.4 Å². The van der Waals surface area contributed by atoms with E-state index in [0.717, 1.165) is 22.3 Å². The van der Waals surface area contributed by atoms with E-state index in [9.17, 15) is 14.7 Å². The number of carbonyl (C=O) groups is 2. The highest BCUT2D eigenvalue weighted by molar-refractivity contribution is 5.95. The van der Waals surface area contributed by atoms with Crippen LogP contribution in [0.1, 0.15) is 41.0 Å². The molecule has 3 aliphatic heterocycles. The Hall–Kier alpha value is -4.04. The molecule has 200 valence electrons. The van der Waals surface area contributed by atoms with Gasteiger partial charge in [-0.05, 0) is 29.2 Å². The van der Waals surface area contributed by atoms with Gasteiger partial charge in [0.05, 0.1) is 25.1 Å². The maximum absolute atomic E-state index is 14.4. The molecule has 0 radical (unpaired) electrons. The number of nitrogens with zero attached hydrogens (tertiary/aromatic N) is 2. The van der Waals surface area contributed by atoms with Gasteiger partial charge in [-0.15, -0.1) is 0 Å². The van der Waals surface area contributed by atoms with E-state index in [4.69, 9.17) is 14.2 Å². The lowest BCUT2D eigenvalue weighted by Crippen LogP contribution is -2.60. The van der Waals surface area contributed by atoms with Crippen LogP contribution < -0.4 is 14.2 Å². The van der Waals surface area contributed by atoms with E-state index in [2.05, 4.69) is 0 Å². The molecule has 3 aromatic rings. The van der Waals surface area contributed by atoms with Crippen LogP contribution >= 0.6 is 0 Å². The predicted molar refractivity (Wildman–Crippen MR) is 142 cm³/mol. The van der Waals surface area contributed by atoms with E-state index in [1.54, 1.807) is 14.0 Å². The molecule has 7 rings (SSSR count). The maximum atomic E-state index is 14.4. The fraction of sp³-hybridized carbons (Fsp3) is 0.355. The van der Waals surface area contributed by atoms with Gasteiger partial charge in [0.2, 0.25) is 18.4 Å². The van der Waals surface area contributed by atoms with Gasteiger partial charge < -0.3 is 29.1 Å². The Morgan fingerprint density at radius 2 is 1.79 bits per heavy atom. The molecule has 3 aromatic carbocycles. The van der Waals surface area contributed by atoms with Crippen LogP contribution in [0.4, 0.5) is 0 Å². The van der Waals surface area contributed by atoms with Crippen molar-refractivity contribution < 1.29 is 28.9 Å². The van der Waals surface area contributed by atoms with Crippen molar-refractivity contribution in [2.45, 2.75) is 42.9 Å². The fourth-order valence-electron chi connectivity index (χ4n) is 7.37. The summed E-state index contributed by atoms with van der Waals surface area (Å²) in [7, 11) is 1.57. The second kappa shape index (κ2) is 8.74. The van der Waals surface area contributed by atoms with Crippen LogP contribution in [0.2, 0.25) is 0 Å². The van der Waals surface area contributed by atoms with Crippen LogP contribution in [0.3, 0.4) is 0 Å². The lowest BCUT2D eigenvalue weighted by atomic mass is 9.77. The van der Waals surface area contributed by atoms with Gasteiger partial charge in [0.25, 0.3) is 5.91 Å². The highest BCUT2D eigenvalue weighted by Crippen LogP contribution is 2.64. The van der Waals surface area contributed by atoms with Gasteiger partial charge in [0, 0.05) is 31.5 Å². The second-order valence-corrected chi connectivity index (χ2v) is 10.8. The summed E-state index contributed by atoms with van der Waals surface area (Å²) in [5, 5.41) is 12.6. The van der Waals surface area contributed by atoms with Crippen molar-refractivity contribution in [3.05, 3.63) is 89.0 Å². The van der Waals surface area contributed by atoms with Gasteiger partial charge >= 0.3 is 0 Å². The summed E-state index contributed by atoms with van der Waals surface area (Å²) in [6, 6.07) is 20.9.